The number of carbonyl (C=O) groups is 1. The highest BCUT2D eigenvalue weighted by molar-refractivity contribution is 9.08. The molecule has 1 heterocycles. The van der Waals surface area contributed by atoms with Crippen LogP contribution in [0, 0.1) is 0 Å². The number of halogens is 6. The minimum absolute atomic E-state index is 0.0671. The zero-order chi connectivity index (χ0) is 16.2. The first-order chi connectivity index (χ1) is 9.69. The molecule has 118 valence electrons. The fraction of sp³-hybridized carbons (Fsp3) is 0.455. The van der Waals surface area contributed by atoms with Gasteiger partial charge in [0, 0.05) is 10.9 Å². The summed E-state index contributed by atoms with van der Waals surface area (Å²) in [6.07, 6.45) is -8.30. The number of alkyl halides is 6. The van der Waals surface area contributed by atoms with Crippen molar-refractivity contribution in [3.05, 3.63) is 22.9 Å². The third kappa shape index (κ3) is 4.80. The molecule has 10 heteroatoms. The lowest BCUT2D eigenvalue weighted by atomic mass is 10.1. The molecule has 0 bridgehead atoms. The van der Waals surface area contributed by atoms with Crippen LogP contribution in [-0.2, 0) is 10.1 Å². The van der Waals surface area contributed by atoms with E-state index in [-0.39, 0.29) is 17.5 Å². The summed E-state index contributed by atoms with van der Waals surface area (Å²) in [5.41, 5.74) is -1.80. The Balaban J connectivity index is 3.43. The Kier molecular flexibility index (Phi) is 5.87. The van der Waals surface area contributed by atoms with E-state index in [1.807, 2.05) is 0 Å². The van der Waals surface area contributed by atoms with Crippen LogP contribution in [0.3, 0.4) is 0 Å². The van der Waals surface area contributed by atoms with Gasteiger partial charge in [-0.15, -0.1) is 13.2 Å². The van der Waals surface area contributed by atoms with E-state index in [9.17, 15) is 26.7 Å². The van der Waals surface area contributed by atoms with E-state index in [2.05, 4.69) is 30.4 Å². The van der Waals surface area contributed by atoms with Gasteiger partial charge in [-0.3, -0.25) is 0 Å². The maximum absolute atomic E-state index is 12.7. The lowest BCUT2D eigenvalue weighted by molar-refractivity contribution is -0.276. The molecule has 4 nitrogen and oxygen atoms in total. The maximum Gasteiger partial charge on any atom is 0.574 e. The second-order valence-corrected chi connectivity index (χ2v) is 4.14. The van der Waals surface area contributed by atoms with E-state index in [4.69, 9.17) is 0 Å². The van der Waals surface area contributed by atoms with Crippen molar-refractivity contribution in [2.24, 2.45) is 0 Å². The van der Waals surface area contributed by atoms with Crippen LogP contribution >= 0.6 is 15.9 Å². The summed E-state index contributed by atoms with van der Waals surface area (Å²) in [4.78, 5) is 14.8. The highest BCUT2D eigenvalue weighted by Crippen LogP contribution is 2.32. The molecule has 0 radical (unpaired) electrons. The molecule has 0 saturated heterocycles. The quantitative estimate of drug-likeness (QED) is 0.442. The van der Waals surface area contributed by atoms with Crippen molar-refractivity contribution in [3.63, 3.8) is 0 Å². The Morgan fingerprint density at radius 1 is 1.43 bits per heavy atom. The van der Waals surface area contributed by atoms with Crippen molar-refractivity contribution in [3.8, 4) is 5.88 Å². The second-order valence-electron chi connectivity index (χ2n) is 3.58. The van der Waals surface area contributed by atoms with Crippen LogP contribution in [-0.4, -0.2) is 23.9 Å². The molecule has 1 aromatic heterocycles. The standard InChI is InChI=1S/C11H9BrF5NO3/c1-2-20-10(19)5-3-7(8(13)14)18-9(6(5)4-12)21-11(15,16)17/h3,8H,2,4H2,1H3. The molecular weight excluding hydrogens is 369 g/mol. The summed E-state index contributed by atoms with van der Waals surface area (Å²) in [7, 11) is 0. The molecule has 0 saturated carbocycles. The largest absolute Gasteiger partial charge is 0.574 e. The summed E-state index contributed by atoms with van der Waals surface area (Å²) < 4.78 is 70.5. The molecule has 0 atom stereocenters. The highest BCUT2D eigenvalue weighted by Gasteiger charge is 2.35. The normalized spacial score (nSPS) is 11.6. The van der Waals surface area contributed by atoms with Gasteiger partial charge in [0.1, 0.15) is 5.69 Å². The minimum atomic E-state index is -5.13. The molecule has 0 amide bonds. The summed E-state index contributed by atoms with van der Waals surface area (Å²) >= 11 is 2.87. The van der Waals surface area contributed by atoms with Crippen molar-refractivity contribution in [2.75, 3.05) is 6.61 Å². The van der Waals surface area contributed by atoms with E-state index in [1.165, 1.54) is 6.92 Å². The lowest BCUT2D eigenvalue weighted by Gasteiger charge is -2.15. The van der Waals surface area contributed by atoms with Gasteiger partial charge in [-0.1, -0.05) is 15.9 Å². The minimum Gasteiger partial charge on any atom is -0.462 e. The average molecular weight is 378 g/mol. The van der Waals surface area contributed by atoms with Crippen LogP contribution in [0.2, 0.25) is 0 Å². The van der Waals surface area contributed by atoms with E-state index in [1.54, 1.807) is 0 Å². The SMILES string of the molecule is CCOC(=O)c1cc(C(F)F)nc(OC(F)(F)F)c1CBr. The number of pyridine rings is 1. The predicted octanol–water partition coefficient (Wildman–Crippen LogP) is 3.99. The van der Waals surface area contributed by atoms with Crippen LogP contribution < -0.4 is 4.74 Å². The van der Waals surface area contributed by atoms with E-state index < -0.39 is 35.9 Å². The Morgan fingerprint density at radius 3 is 2.48 bits per heavy atom. The van der Waals surface area contributed by atoms with Gasteiger partial charge in [-0.2, -0.15) is 0 Å². The summed E-state index contributed by atoms with van der Waals surface area (Å²) in [5, 5.41) is -0.261. The Morgan fingerprint density at radius 2 is 2.05 bits per heavy atom. The van der Waals surface area contributed by atoms with E-state index >= 15 is 0 Å². The number of carbonyl (C=O) groups excluding carboxylic acids is 1. The third-order valence-corrected chi connectivity index (χ3v) is 2.73. The molecule has 0 spiro atoms. The van der Waals surface area contributed by atoms with Crippen molar-refractivity contribution in [1.29, 1.82) is 0 Å². The first kappa shape index (κ1) is 17.6. The maximum atomic E-state index is 12.7. The number of hydrogen-bond donors (Lipinski definition) is 0. The third-order valence-electron chi connectivity index (χ3n) is 2.17. The topological polar surface area (TPSA) is 48.4 Å². The fourth-order valence-electron chi connectivity index (χ4n) is 1.39. The number of hydrogen-bond acceptors (Lipinski definition) is 4. The highest BCUT2D eigenvalue weighted by atomic mass is 79.9. The van der Waals surface area contributed by atoms with E-state index in [0.29, 0.717) is 6.07 Å². The summed E-state index contributed by atoms with van der Waals surface area (Å²) in [6, 6.07) is 0.683. The van der Waals surface area contributed by atoms with Crippen LogP contribution in [0.25, 0.3) is 0 Å². The molecule has 0 fully saturated rings. The first-order valence-electron chi connectivity index (χ1n) is 5.50. The van der Waals surface area contributed by atoms with Gasteiger partial charge in [-0.25, -0.2) is 18.6 Å². The number of nitrogens with zero attached hydrogens (tertiary/aromatic N) is 1. The van der Waals surface area contributed by atoms with Crippen molar-refractivity contribution in [2.45, 2.75) is 25.0 Å². The molecule has 0 aliphatic heterocycles. The number of ether oxygens (including phenoxy) is 2. The van der Waals surface area contributed by atoms with Gasteiger partial charge in [0.2, 0.25) is 5.88 Å². The Labute approximate surface area is 124 Å². The molecule has 0 aliphatic carbocycles. The summed E-state index contributed by atoms with van der Waals surface area (Å²) in [5.74, 6) is -2.15. The van der Waals surface area contributed by atoms with Crippen LogP contribution in [0.15, 0.2) is 6.07 Å². The Hall–Kier alpha value is -1.45. The molecule has 0 unspecified atom stereocenters. The van der Waals surface area contributed by atoms with Gasteiger partial charge in [0.25, 0.3) is 6.43 Å². The van der Waals surface area contributed by atoms with Gasteiger partial charge < -0.3 is 9.47 Å². The van der Waals surface area contributed by atoms with E-state index in [0.717, 1.165) is 0 Å². The monoisotopic (exact) mass is 377 g/mol. The number of aromatic nitrogens is 1. The van der Waals surface area contributed by atoms with Gasteiger partial charge in [0.15, 0.2) is 0 Å². The van der Waals surface area contributed by atoms with Crippen molar-refractivity contribution < 1.29 is 36.2 Å². The fourth-order valence-corrected chi connectivity index (χ4v) is 1.94. The molecule has 0 aromatic carbocycles. The summed E-state index contributed by atoms with van der Waals surface area (Å²) in [6.45, 7) is 1.40. The number of esters is 1. The molecule has 0 N–H and O–H groups in total. The smallest absolute Gasteiger partial charge is 0.462 e. The van der Waals surface area contributed by atoms with Gasteiger partial charge in [0.05, 0.1) is 12.2 Å². The molecule has 1 rings (SSSR count). The lowest BCUT2D eigenvalue weighted by Crippen LogP contribution is -2.21. The predicted molar refractivity (Wildman–Crippen MR) is 64.5 cm³/mol. The molecule has 21 heavy (non-hydrogen) atoms. The van der Waals surface area contributed by atoms with Crippen LogP contribution in [0.4, 0.5) is 22.0 Å². The second kappa shape index (κ2) is 7.01. The first-order valence-corrected chi connectivity index (χ1v) is 6.62. The average Bonchev–Trinajstić information content (AvgIpc) is 2.36. The van der Waals surface area contributed by atoms with Crippen molar-refractivity contribution >= 4 is 21.9 Å². The Bertz CT molecular complexity index is 521. The van der Waals surface area contributed by atoms with Gasteiger partial charge >= 0.3 is 12.3 Å². The van der Waals surface area contributed by atoms with Crippen LogP contribution in [0.1, 0.15) is 35.0 Å². The molecule has 0 aliphatic rings. The van der Waals surface area contributed by atoms with Crippen molar-refractivity contribution in [1.82, 2.24) is 4.98 Å². The number of rotatable bonds is 5. The molecule has 1 aromatic rings. The van der Waals surface area contributed by atoms with Crippen LogP contribution in [0.5, 0.6) is 5.88 Å². The molecular formula is C11H9BrF5NO3. The zero-order valence-electron chi connectivity index (χ0n) is 10.5. The van der Waals surface area contributed by atoms with Gasteiger partial charge in [-0.05, 0) is 13.0 Å². The zero-order valence-corrected chi connectivity index (χ0v) is 12.1.